The summed E-state index contributed by atoms with van der Waals surface area (Å²) in [7, 11) is 1.99. The van der Waals surface area contributed by atoms with Gasteiger partial charge in [0, 0.05) is 90.6 Å². The first-order chi connectivity index (χ1) is 55.2. The van der Waals surface area contributed by atoms with E-state index in [-0.39, 0.29) is 14.9 Å². The van der Waals surface area contributed by atoms with Gasteiger partial charge >= 0.3 is 0 Å². The van der Waals surface area contributed by atoms with Crippen LogP contribution in [-0.2, 0) is 11.8 Å². The summed E-state index contributed by atoms with van der Waals surface area (Å²) >= 11 is 0. The maximum atomic E-state index is 5.29. The highest BCUT2D eigenvalue weighted by molar-refractivity contribution is 5.86. The van der Waals surface area contributed by atoms with Gasteiger partial charge < -0.3 is 40.4 Å². The molecule has 20 heteroatoms. The summed E-state index contributed by atoms with van der Waals surface area (Å²) in [6.45, 7) is 69.1. The number of hydrogen-bond acceptors (Lipinski definition) is 19. The van der Waals surface area contributed by atoms with Gasteiger partial charge in [-0.05, 0) is 122 Å². The molecule has 12 aromatic rings. The van der Waals surface area contributed by atoms with Crippen LogP contribution < -0.4 is 0 Å². The highest BCUT2D eigenvalue weighted by Gasteiger charge is 2.13. The van der Waals surface area contributed by atoms with E-state index in [1.807, 2.05) is 118 Å². The lowest BCUT2D eigenvalue weighted by Crippen LogP contribution is -1.99. The first kappa shape index (κ1) is 108. The number of aryl methyl sites for hydroxylation is 6. The topological polar surface area (TPSA) is 248 Å². The van der Waals surface area contributed by atoms with Crippen LogP contribution in [0.5, 0.6) is 0 Å². The first-order valence-electron chi connectivity index (χ1n) is 41.3. The van der Waals surface area contributed by atoms with Crippen LogP contribution in [0.3, 0.4) is 0 Å². The van der Waals surface area contributed by atoms with Crippen LogP contribution in [0.1, 0.15) is 358 Å². The third kappa shape index (κ3) is 44.8. The summed E-state index contributed by atoms with van der Waals surface area (Å²) in [6, 6.07) is 33.4. The van der Waals surface area contributed by atoms with Crippen LogP contribution in [0.4, 0.5) is 0 Å². The summed E-state index contributed by atoms with van der Waals surface area (Å²) in [5.41, 5.74) is 11.0. The number of fused-ring (bicyclic) bond motifs is 1. The van der Waals surface area contributed by atoms with Crippen LogP contribution >= 0.6 is 0 Å². The summed E-state index contributed by atoms with van der Waals surface area (Å²) in [6.07, 6.45) is 22.1. The van der Waals surface area contributed by atoms with Gasteiger partial charge in [-0.1, -0.05) is 290 Å². The average Bonchev–Trinajstić information content (AvgIpc) is 1.79. The van der Waals surface area contributed by atoms with E-state index in [1.54, 1.807) is 56.1 Å². The second kappa shape index (κ2) is 59.2. The van der Waals surface area contributed by atoms with E-state index in [4.69, 9.17) is 35.9 Å². The standard InChI is InChI=1S/C13H14.C10H14.C8H14N2.C8H12O.2C7H11NO.C7H11N.C7H10O.C6H10N2O.4C6H9NO.2CH4/c1-10(2)12-9-5-7-11-6-3-4-8-13(11)12;1-8(2)10-7-5-4-6-9(10)3;1-6(2)8-5-7(3)9-10(8)4;1-6(2)8-4-7(3)5-9-8;1-5(2)7-8-6(3)4-9-7;1-5(2)7-8-4-6(3)9-7;2*1-6(2)7-4-3-5-8-7;1-4(2)6-7-5(3)8-9-6;2*1-5(2)6-7-3-4-8-6;1-5(2)6-3-4-8-7-6;1-5(2)6-3-4-7-8-6;;/h3-10H,1-2H3;4-8H,1-3H3;5-6H,1-4H3;4,6H,3,5H2,1-2H3;2*4-5H,1-3H3;4-6H,3H2,1-2H3;3-6H,1-2H3;4H,1-3H3;4*3-5H,1-2H3;2*1H4. The molecule has 0 bridgehead atoms. The van der Waals surface area contributed by atoms with Crippen LogP contribution in [0, 0.1) is 46.5 Å². The number of aromatic nitrogens is 10. The van der Waals surface area contributed by atoms with Gasteiger partial charge in [-0.2, -0.15) is 10.1 Å². The number of allylic oxidation sites excluding steroid dienone is 3. The molecule has 9 aromatic heterocycles. The lowest BCUT2D eigenvalue weighted by Gasteiger charge is -2.08. The molecule has 0 atom stereocenters. The number of furan rings is 1. The smallest absolute Gasteiger partial charge is 0.229 e. The Hall–Kier alpha value is -10.5. The van der Waals surface area contributed by atoms with Crippen molar-refractivity contribution in [3.8, 4) is 0 Å². The second-order valence-corrected chi connectivity index (χ2v) is 32.4. The number of oxazole rings is 4. The van der Waals surface area contributed by atoms with Crippen molar-refractivity contribution in [1.82, 2.24) is 50.2 Å². The Balaban J connectivity index is 0.00000127. The quantitative estimate of drug-likeness (QED) is 0.104. The lowest BCUT2D eigenvalue weighted by atomic mass is 9.96. The molecule has 0 saturated carbocycles. The molecule has 656 valence electrons. The van der Waals surface area contributed by atoms with E-state index in [0.717, 1.165) is 75.7 Å². The number of benzene rings is 3. The van der Waals surface area contributed by atoms with Gasteiger partial charge in [-0.3, -0.25) is 9.67 Å². The van der Waals surface area contributed by atoms with E-state index in [0.29, 0.717) is 95.3 Å². The Morgan fingerprint density at radius 3 is 1.30 bits per heavy atom. The van der Waals surface area contributed by atoms with Gasteiger partial charge in [0.2, 0.25) is 5.89 Å². The van der Waals surface area contributed by atoms with Crippen molar-refractivity contribution < 1.29 is 40.4 Å². The van der Waals surface area contributed by atoms with Crippen molar-refractivity contribution in [3.63, 3.8) is 0 Å². The molecular weight excluding hydrogens is 1490 g/mol. The van der Waals surface area contributed by atoms with Crippen LogP contribution in [0.25, 0.3) is 10.8 Å². The monoisotopic (exact) mass is 1640 g/mol. The zero-order valence-corrected chi connectivity index (χ0v) is 76.9. The Morgan fingerprint density at radius 1 is 0.445 bits per heavy atom. The second-order valence-electron chi connectivity index (χ2n) is 32.4. The SMILES string of the molecule is C.C.C=C1C=C(C(C)C)OC1.CC(C)C1=CCC=N1.CC(C)c1cccc2ccccc12.CC(C)c1ccco1.CC(C)c1ccno1.CC(C)c1ccon1.CC(C)c1ncco1.CC(C)c1ncco1.Cc1cc(C(C)C)n(C)n1.Cc1ccccc1C(C)C.Cc1cnc(C(C)C)o1.Cc1coc(C(C)C)n1.Cc1noc(C(C)C)n1. The van der Waals surface area contributed by atoms with Crippen molar-refractivity contribution in [2.45, 2.75) is 301 Å². The Morgan fingerprint density at radius 2 is 1.02 bits per heavy atom. The van der Waals surface area contributed by atoms with E-state index < -0.39 is 0 Å². The minimum atomic E-state index is 0. The molecular formula is C99H151N11O9. The summed E-state index contributed by atoms with van der Waals surface area (Å²) in [4.78, 5) is 24.3. The molecule has 2 aliphatic heterocycles. The minimum Gasteiger partial charge on any atom is -0.493 e. The third-order valence-corrected chi connectivity index (χ3v) is 16.9. The molecule has 0 saturated heterocycles. The Kier molecular flexibility index (Phi) is 54.0. The van der Waals surface area contributed by atoms with Gasteiger partial charge in [0.1, 0.15) is 48.9 Å². The number of ether oxygens (including phenoxy) is 1. The summed E-state index contributed by atoms with van der Waals surface area (Å²) in [5.74, 6) is 15.0. The van der Waals surface area contributed by atoms with E-state index in [9.17, 15) is 0 Å². The maximum Gasteiger partial charge on any atom is 0.229 e. The van der Waals surface area contributed by atoms with E-state index in [2.05, 4.69) is 286 Å². The fourth-order valence-corrected chi connectivity index (χ4v) is 10.2. The summed E-state index contributed by atoms with van der Waals surface area (Å²) < 4.78 is 47.0. The van der Waals surface area contributed by atoms with Gasteiger partial charge in [0.15, 0.2) is 29.4 Å². The number of rotatable bonds is 13. The van der Waals surface area contributed by atoms with E-state index in [1.165, 1.54) is 38.9 Å². The molecule has 2 aliphatic rings. The molecule has 0 N–H and O–H groups in total. The third-order valence-electron chi connectivity index (χ3n) is 16.9. The van der Waals surface area contributed by atoms with Crippen molar-refractivity contribution in [2.24, 2.45) is 23.9 Å². The molecule has 0 amide bonds. The molecule has 0 radical (unpaired) electrons. The molecule has 20 nitrogen and oxygen atoms in total. The lowest BCUT2D eigenvalue weighted by molar-refractivity contribution is 0.230. The van der Waals surface area contributed by atoms with Crippen LogP contribution in [-0.4, -0.2) is 63.0 Å². The normalized spacial score (nSPS) is 11.5. The number of hydrogen-bond donors (Lipinski definition) is 0. The van der Waals surface area contributed by atoms with Gasteiger partial charge in [-0.15, -0.1) is 0 Å². The molecule has 3 aromatic carbocycles. The van der Waals surface area contributed by atoms with Crippen molar-refractivity contribution in [3.05, 3.63) is 281 Å². The van der Waals surface area contributed by atoms with Gasteiger partial charge in [0.05, 0.1) is 53.9 Å². The molecule has 0 aliphatic carbocycles. The molecule has 0 spiro atoms. The molecule has 0 unspecified atom stereocenters. The van der Waals surface area contributed by atoms with E-state index >= 15 is 0 Å². The maximum absolute atomic E-state index is 5.29. The Bertz CT molecular complexity index is 4220. The van der Waals surface area contributed by atoms with Crippen molar-refractivity contribution in [1.29, 1.82) is 0 Å². The highest BCUT2D eigenvalue weighted by Crippen LogP contribution is 2.26. The Labute approximate surface area is 716 Å². The van der Waals surface area contributed by atoms with Crippen molar-refractivity contribution in [2.75, 3.05) is 6.61 Å². The predicted octanol–water partition coefficient (Wildman–Crippen LogP) is 29.6. The number of nitrogens with zero attached hydrogens (tertiary/aromatic N) is 11. The predicted molar refractivity (Wildman–Crippen MR) is 492 cm³/mol. The molecule has 0 fully saturated rings. The largest absolute Gasteiger partial charge is 0.493 e. The zero-order chi connectivity index (χ0) is 87.9. The molecule has 14 rings (SSSR count). The fraction of sp³-hybridized carbons (Fsp3) is 0.495. The number of aliphatic imine (C=N–C) groups is 1. The van der Waals surface area contributed by atoms with Crippen molar-refractivity contribution >= 4 is 17.0 Å². The minimum absolute atomic E-state index is 0. The summed E-state index contributed by atoms with van der Waals surface area (Å²) in [5, 5.41) is 17.9. The van der Waals surface area contributed by atoms with Crippen LogP contribution in [0.15, 0.2) is 230 Å². The highest BCUT2D eigenvalue weighted by atomic mass is 16.5. The van der Waals surface area contributed by atoms with Gasteiger partial charge in [0.25, 0.3) is 0 Å². The average molecular weight is 1640 g/mol. The molecule has 11 heterocycles. The zero-order valence-electron chi connectivity index (χ0n) is 76.9. The first-order valence-corrected chi connectivity index (χ1v) is 41.3. The van der Waals surface area contributed by atoms with Gasteiger partial charge in [-0.25, -0.2) is 19.9 Å². The molecule has 119 heavy (non-hydrogen) atoms. The fourth-order valence-electron chi connectivity index (χ4n) is 10.2. The van der Waals surface area contributed by atoms with Crippen LogP contribution in [0.2, 0.25) is 0 Å².